The first-order valence-electron chi connectivity index (χ1n) is 4.82. The SMILES string of the molecule is C=CCC(c1ccccc1)C(N)CO. The molecule has 0 fully saturated rings. The van der Waals surface area contributed by atoms with Crippen LogP contribution in [0.2, 0.25) is 0 Å². The fourth-order valence-corrected chi connectivity index (χ4v) is 1.57. The molecule has 0 saturated carbocycles. The summed E-state index contributed by atoms with van der Waals surface area (Å²) in [6.07, 6.45) is 2.64. The van der Waals surface area contributed by atoms with Crippen molar-refractivity contribution in [3.05, 3.63) is 48.6 Å². The number of aliphatic hydroxyl groups is 1. The molecule has 0 spiro atoms. The number of benzene rings is 1. The van der Waals surface area contributed by atoms with Crippen LogP contribution in [0.1, 0.15) is 17.9 Å². The predicted molar refractivity (Wildman–Crippen MR) is 59.1 cm³/mol. The zero-order valence-corrected chi connectivity index (χ0v) is 8.26. The van der Waals surface area contributed by atoms with Gasteiger partial charge >= 0.3 is 0 Å². The Balaban J connectivity index is 2.82. The number of nitrogens with two attached hydrogens (primary N) is 1. The number of allylic oxidation sites excluding steroid dienone is 1. The maximum absolute atomic E-state index is 9.03. The third-order valence-corrected chi connectivity index (χ3v) is 2.38. The largest absolute Gasteiger partial charge is 0.395 e. The molecule has 1 aromatic carbocycles. The van der Waals surface area contributed by atoms with Crippen molar-refractivity contribution in [2.75, 3.05) is 6.61 Å². The summed E-state index contributed by atoms with van der Waals surface area (Å²) in [5, 5.41) is 9.03. The highest BCUT2D eigenvalue weighted by molar-refractivity contribution is 5.22. The van der Waals surface area contributed by atoms with Gasteiger partial charge in [0.2, 0.25) is 0 Å². The average Bonchev–Trinajstić information content (AvgIpc) is 2.26. The molecule has 0 radical (unpaired) electrons. The molecule has 0 heterocycles. The maximum Gasteiger partial charge on any atom is 0.0588 e. The molecule has 0 aliphatic carbocycles. The molecular formula is C12H17NO. The summed E-state index contributed by atoms with van der Waals surface area (Å²) in [5.74, 6) is 0.165. The highest BCUT2D eigenvalue weighted by Gasteiger charge is 2.17. The molecule has 0 bridgehead atoms. The maximum atomic E-state index is 9.03. The van der Waals surface area contributed by atoms with E-state index < -0.39 is 0 Å². The van der Waals surface area contributed by atoms with Crippen molar-refractivity contribution < 1.29 is 5.11 Å². The highest BCUT2D eigenvalue weighted by atomic mass is 16.3. The molecule has 0 aliphatic rings. The van der Waals surface area contributed by atoms with E-state index in [1.807, 2.05) is 36.4 Å². The van der Waals surface area contributed by atoms with Gasteiger partial charge in [0, 0.05) is 12.0 Å². The predicted octanol–water partition coefficient (Wildman–Crippen LogP) is 1.67. The Morgan fingerprint density at radius 3 is 2.50 bits per heavy atom. The van der Waals surface area contributed by atoms with E-state index in [-0.39, 0.29) is 18.6 Å². The quantitative estimate of drug-likeness (QED) is 0.695. The molecule has 76 valence electrons. The van der Waals surface area contributed by atoms with Gasteiger partial charge in [-0.15, -0.1) is 6.58 Å². The zero-order chi connectivity index (χ0) is 10.4. The van der Waals surface area contributed by atoms with Gasteiger partial charge in [-0.2, -0.15) is 0 Å². The van der Waals surface area contributed by atoms with Crippen LogP contribution < -0.4 is 5.73 Å². The topological polar surface area (TPSA) is 46.2 Å². The van der Waals surface area contributed by atoms with Crippen molar-refractivity contribution in [2.24, 2.45) is 5.73 Å². The van der Waals surface area contributed by atoms with Crippen LogP contribution in [-0.2, 0) is 0 Å². The van der Waals surface area contributed by atoms with Gasteiger partial charge in [0.25, 0.3) is 0 Å². The zero-order valence-electron chi connectivity index (χ0n) is 8.26. The standard InChI is InChI=1S/C12H17NO/c1-2-6-11(12(13)9-14)10-7-4-3-5-8-10/h2-5,7-8,11-12,14H,1,6,9,13H2. The summed E-state index contributed by atoms with van der Waals surface area (Å²) in [6.45, 7) is 3.71. The molecule has 1 rings (SSSR count). The van der Waals surface area contributed by atoms with E-state index in [4.69, 9.17) is 10.8 Å². The second kappa shape index (κ2) is 5.58. The Morgan fingerprint density at radius 2 is 2.00 bits per heavy atom. The van der Waals surface area contributed by atoms with E-state index in [9.17, 15) is 0 Å². The van der Waals surface area contributed by atoms with Crippen molar-refractivity contribution in [1.82, 2.24) is 0 Å². The van der Waals surface area contributed by atoms with E-state index in [1.165, 1.54) is 0 Å². The first kappa shape index (κ1) is 11.0. The fourth-order valence-electron chi connectivity index (χ4n) is 1.57. The van der Waals surface area contributed by atoms with Crippen LogP contribution in [0, 0.1) is 0 Å². The van der Waals surface area contributed by atoms with E-state index in [0.29, 0.717) is 0 Å². The van der Waals surface area contributed by atoms with Gasteiger partial charge in [0.15, 0.2) is 0 Å². The van der Waals surface area contributed by atoms with E-state index in [0.717, 1.165) is 12.0 Å². The second-order valence-electron chi connectivity index (χ2n) is 3.39. The molecule has 0 aliphatic heterocycles. The molecule has 0 aromatic heterocycles. The average molecular weight is 191 g/mol. The van der Waals surface area contributed by atoms with Crippen LogP contribution in [0.25, 0.3) is 0 Å². The first-order valence-corrected chi connectivity index (χ1v) is 4.82. The van der Waals surface area contributed by atoms with Crippen molar-refractivity contribution in [3.8, 4) is 0 Å². The molecule has 2 atom stereocenters. The molecule has 3 N–H and O–H groups in total. The summed E-state index contributed by atoms with van der Waals surface area (Å²) in [6, 6.07) is 9.78. The van der Waals surface area contributed by atoms with E-state index in [1.54, 1.807) is 0 Å². The minimum Gasteiger partial charge on any atom is -0.395 e. The Kier molecular flexibility index (Phi) is 4.36. The van der Waals surface area contributed by atoms with Crippen LogP contribution in [0.15, 0.2) is 43.0 Å². The van der Waals surface area contributed by atoms with Gasteiger partial charge in [-0.3, -0.25) is 0 Å². The van der Waals surface area contributed by atoms with Crippen LogP contribution >= 0.6 is 0 Å². The Labute approximate surface area is 85.1 Å². The van der Waals surface area contributed by atoms with Gasteiger partial charge in [-0.05, 0) is 12.0 Å². The number of hydrogen-bond donors (Lipinski definition) is 2. The molecule has 2 heteroatoms. The third kappa shape index (κ3) is 2.69. The second-order valence-corrected chi connectivity index (χ2v) is 3.39. The summed E-state index contributed by atoms with van der Waals surface area (Å²) in [4.78, 5) is 0. The minimum atomic E-state index is -0.213. The van der Waals surface area contributed by atoms with Gasteiger partial charge in [0.05, 0.1) is 6.61 Å². The Hall–Kier alpha value is -1.12. The van der Waals surface area contributed by atoms with E-state index >= 15 is 0 Å². The molecule has 14 heavy (non-hydrogen) atoms. The van der Waals surface area contributed by atoms with Crippen LogP contribution in [0.3, 0.4) is 0 Å². The minimum absolute atomic E-state index is 0.00734. The van der Waals surface area contributed by atoms with Gasteiger partial charge in [-0.25, -0.2) is 0 Å². The molecule has 2 nitrogen and oxygen atoms in total. The lowest BCUT2D eigenvalue weighted by Gasteiger charge is -2.21. The summed E-state index contributed by atoms with van der Waals surface area (Å²) in [5.41, 5.74) is 7.00. The van der Waals surface area contributed by atoms with Crippen LogP contribution in [-0.4, -0.2) is 17.8 Å². The summed E-state index contributed by atoms with van der Waals surface area (Å²) in [7, 11) is 0. The van der Waals surface area contributed by atoms with Gasteiger partial charge < -0.3 is 10.8 Å². The molecule has 2 unspecified atom stereocenters. The van der Waals surface area contributed by atoms with Crippen LogP contribution in [0.5, 0.6) is 0 Å². The fraction of sp³-hybridized carbons (Fsp3) is 0.333. The molecule has 0 amide bonds. The lowest BCUT2D eigenvalue weighted by atomic mass is 9.89. The normalized spacial score (nSPS) is 14.7. The van der Waals surface area contributed by atoms with Crippen LogP contribution in [0.4, 0.5) is 0 Å². The summed E-state index contributed by atoms with van der Waals surface area (Å²) < 4.78 is 0. The molecular weight excluding hydrogens is 174 g/mol. The smallest absolute Gasteiger partial charge is 0.0588 e. The number of aliphatic hydroxyl groups excluding tert-OH is 1. The van der Waals surface area contributed by atoms with Crippen molar-refractivity contribution in [2.45, 2.75) is 18.4 Å². The number of rotatable bonds is 5. The van der Waals surface area contributed by atoms with Crippen molar-refractivity contribution in [3.63, 3.8) is 0 Å². The highest BCUT2D eigenvalue weighted by Crippen LogP contribution is 2.22. The van der Waals surface area contributed by atoms with Gasteiger partial charge in [0.1, 0.15) is 0 Å². The van der Waals surface area contributed by atoms with E-state index in [2.05, 4.69) is 6.58 Å². The van der Waals surface area contributed by atoms with Crippen molar-refractivity contribution in [1.29, 1.82) is 0 Å². The first-order chi connectivity index (χ1) is 6.79. The number of hydrogen-bond acceptors (Lipinski definition) is 2. The Bertz CT molecular complexity index is 271. The Morgan fingerprint density at radius 1 is 1.36 bits per heavy atom. The molecule has 0 saturated heterocycles. The monoisotopic (exact) mass is 191 g/mol. The summed E-state index contributed by atoms with van der Waals surface area (Å²) >= 11 is 0. The third-order valence-electron chi connectivity index (χ3n) is 2.38. The van der Waals surface area contributed by atoms with Crippen molar-refractivity contribution >= 4 is 0 Å². The lowest BCUT2D eigenvalue weighted by molar-refractivity contribution is 0.248. The van der Waals surface area contributed by atoms with Gasteiger partial charge in [-0.1, -0.05) is 36.4 Å². The lowest BCUT2D eigenvalue weighted by Crippen LogP contribution is -2.31. The molecule has 1 aromatic rings.